The number of rotatable bonds is 3. The van der Waals surface area contributed by atoms with Gasteiger partial charge in [0, 0.05) is 12.4 Å². The molecule has 1 aromatic heterocycles. The van der Waals surface area contributed by atoms with Crippen LogP contribution >= 0.6 is 0 Å². The van der Waals surface area contributed by atoms with E-state index in [0.29, 0.717) is 23.7 Å². The summed E-state index contributed by atoms with van der Waals surface area (Å²) in [5.74, 6) is 1.31. The van der Waals surface area contributed by atoms with Crippen molar-refractivity contribution in [3.05, 3.63) is 53.6 Å². The summed E-state index contributed by atoms with van der Waals surface area (Å²) in [5.41, 5.74) is 1.57. The molecule has 0 saturated heterocycles. The molecule has 0 radical (unpaired) electrons. The van der Waals surface area contributed by atoms with Crippen molar-refractivity contribution in [2.45, 2.75) is 13.5 Å². The van der Waals surface area contributed by atoms with Crippen molar-refractivity contribution in [2.24, 2.45) is 0 Å². The van der Waals surface area contributed by atoms with Crippen molar-refractivity contribution in [1.82, 2.24) is 9.97 Å². The lowest BCUT2D eigenvalue weighted by Crippen LogP contribution is -2.01. The van der Waals surface area contributed by atoms with E-state index in [9.17, 15) is 0 Å². The molecule has 17 heavy (non-hydrogen) atoms. The van der Waals surface area contributed by atoms with Crippen LogP contribution in [0.5, 0.6) is 5.75 Å². The van der Waals surface area contributed by atoms with Gasteiger partial charge in [-0.25, -0.2) is 9.97 Å². The molecular formula is C13H11N3O. The molecule has 0 amide bonds. The normalized spacial score (nSPS) is 9.65. The number of hydrogen-bond donors (Lipinski definition) is 0. The second kappa shape index (κ2) is 5.08. The summed E-state index contributed by atoms with van der Waals surface area (Å²) >= 11 is 0. The van der Waals surface area contributed by atoms with Gasteiger partial charge in [0.05, 0.1) is 11.6 Å². The molecule has 0 saturated carbocycles. The van der Waals surface area contributed by atoms with Crippen molar-refractivity contribution >= 4 is 0 Å². The minimum Gasteiger partial charge on any atom is -0.485 e. The number of hydrogen-bond acceptors (Lipinski definition) is 4. The summed E-state index contributed by atoms with van der Waals surface area (Å²) in [6.45, 7) is 2.24. The van der Waals surface area contributed by atoms with Crippen LogP contribution < -0.4 is 4.74 Å². The van der Waals surface area contributed by atoms with Crippen LogP contribution in [-0.2, 0) is 6.61 Å². The minimum absolute atomic E-state index is 0.302. The number of nitrogens with zero attached hydrogens (tertiary/aromatic N) is 3. The number of benzene rings is 1. The fraction of sp³-hybridized carbons (Fsp3) is 0.154. The van der Waals surface area contributed by atoms with Gasteiger partial charge in [-0.05, 0) is 30.7 Å². The predicted octanol–water partition coefficient (Wildman–Crippen LogP) is 2.24. The van der Waals surface area contributed by atoms with Crippen LogP contribution in [0.4, 0.5) is 0 Å². The van der Waals surface area contributed by atoms with Crippen LogP contribution in [0.15, 0.2) is 36.7 Å². The third-order valence-corrected chi connectivity index (χ3v) is 2.29. The van der Waals surface area contributed by atoms with Crippen molar-refractivity contribution < 1.29 is 4.74 Å². The van der Waals surface area contributed by atoms with E-state index in [1.165, 1.54) is 0 Å². The molecule has 4 heteroatoms. The van der Waals surface area contributed by atoms with Crippen molar-refractivity contribution in [2.75, 3.05) is 0 Å². The fourth-order valence-corrected chi connectivity index (χ4v) is 1.37. The molecule has 1 heterocycles. The Morgan fingerprint density at radius 2 is 2.06 bits per heavy atom. The van der Waals surface area contributed by atoms with E-state index in [1.54, 1.807) is 30.6 Å². The molecular weight excluding hydrogens is 214 g/mol. The van der Waals surface area contributed by atoms with Crippen LogP contribution in [0, 0.1) is 18.3 Å². The topological polar surface area (TPSA) is 58.8 Å². The Morgan fingerprint density at radius 1 is 1.29 bits per heavy atom. The van der Waals surface area contributed by atoms with Crippen molar-refractivity contribution in [3.63, 3.8) is 0 Å². The monoisotopic (exact) mass is 225 g/mol. The Hall–Kier alpha value is -2.41. The Balaban J connectivity index is 2.12. The molecule has 0 bridgehead atoms. The molecule has 4 nitrogen and oxygen atoms in total. The minimum atomic E-state index is 0.302. The molecule has 0 aliphatic carbocycles. The lowest BCUT2D eigenvalue weighted by molar-refractivity contribution is 0.293. The van der Waals surface area contributed by atoms with E-state index in [2.05, 4.69) is 16.0 Å². The molecule has 0 spiro atoms. The molecule has 0 fully saturated rings. The second-order valence-electron chi connectivity index (χ2n) is 3.55. The average molecular weight is 225 g/mol. The predicted molar refractivity (Wildman–Crippen MR) is 62.3 cm³/mol. The van der Waals surface area contributed by atoms with E-state index in [-0.39, 0.29) is 0 Å². The van der Waals surface area contributed by atoms with Gasteiger partial charge in [-0.1, -0.05) is 6.07 Å². The number of aryl methyl sites for hydroxylation is 1. The first kappa shape index (κ1) is 11.1. The first-order valence-electron chi connectivity index (χ1n) is 5.19. The number of nitriles is 1. The first-order valence-corrected chi connectivity index (χ1v) is 5.19. The van der Waals surface area contributed by atoms with Gasteiger partial charge in [0.2, 0.25) is 0 Å². The zero-order chi connectivity index (χ0) is 12.1. The van der Waals surface area contributed by atoms with Gasteiger partial charge >= 0.3 is 0 Å². The van der Waals surface area contributed by atoms with E-state index in [0.717, 1.165) is 5.56 Å². The maximum absolute atomic E-state index is 8.81. The maximum Gasteiger partial charge on any atom is 0.166 e. The molecule has 2 rings (SSSR count). The molecule has 0 unspecified atom stereocenters. The summed E-state index contributed by atoms with van der Waals surface area (Å²) in [6, 6.07) is 9.18. The largest absolute Gasteiger partial charge is 0.485 e. The highest BCUT2D eigenvalue weighted by molar-refractivity contribution is 5.41. The lowest BCUT2D eigenvalue weighted by Gasteiger charge is -2.08. The Morgan fingerprint density at radius 3 is 2.76 bits per heavy atom. The summed E-state index contributed by atoms with van der Waals surface area (Å²) in [5, 5.41) is 8.81. The van der Waals surface area contributed by atoms with E-state index in [4.69, 9.17) is 10.00 Å². The lowest BCUT2D eigenvalue weighted by atomic mass is 10.1. The number of ether oxygens (including phenoxy) is 1. The van der Waals surface area contributed by atoms with Gasteiger partial charge in [0.1, 0.15) is 12.4 Å². The molecule has 0 aliphatic rings. The summed E-state index contributed by atoms with van der Waals surface area (Å²) in [4.78, 5) is 8.13. The highest BCUT2D eigenvalue weighted by atomic mass is 16.5. The van der Waals surface area contributed by atoms with Gasteiger partial charge in [0.25, 0.3) is 0 Å². The van der Waals surface area contributed by atoms with E-state index in [1.807, 2.05) is 13.0 Å². The van der Waals surface area contributed by atoms with Gasteiger partial charge in [-0.3, -0.25) is 0 Å². The third-order valence-electron chi connectivity index (χ3n) is 2.29. The molecule has 1 aromatic carbocycles. The standard InChI is InChI=1S/C13H11N3O/c1-10-3-4-11(8-14)7-12(10)17-9-13-15-5-2-6-16-13/h2-7H,9H2,1H3. The van der Waals surface area contributed by atoms with Crippen LogP contribution in [0.25, 0.3) is 0 Å². The zero-order valence-electron chi connectivity index (χ0n) is 9.42. The smallest absolute Gasteiger partial charge is 0.166 e. The van der Waals surface area contributed by atoms with Crippen molar-refractivity contribution in [3.8, 4) is 11.8 Å². The van der Waals surface area contributed by atoms with Crippen LogP contribution in [0.1, 0.15) is 17.0 Å². The highest BCUT2D eigenvalue weighted by Gasteiger charge is 2.03. The van der Waals surface area contributed by atoms with Crippen molar-refractivity contribution in [1.29, 1.82) is 5.26 Å². The van der Waals surface area contributed by atoms with E-state index >= 15 is 0 Å². The average Bonchev–Trinajstić information content (AvgIpc) is 2.39. The molecule has 84 valence electrons. The highest BCUT2D eigenvalue weighted by Crippen LogP contribution is 2.19. The summed E-state index contributed by atoms with van der Waals surface area (Å²) in [7, 11) is 0. The van der Waals surface area contributed by atoms with Crippen LogP contribution in [-0.4, -0.2) is 9.97 Å². The Labute approximate surface area is 99.5 Å². The Kier molecular flexibility index (Phi) is 3.31. The SMILES string of the molecule is Cc1ccc(C#N)cc1OCc1ncccn1. The summed E-state index contributed by atoms with van der Waals surface area (Å²) in [6.07, 6.45) is 3.34. The van der Waals surface area contributed by atoms with E-state index < -0.39 is 0 Å². The molecule has 0 N–H and O–H groups in total. The molecule has 0 atom stereocenters. The van der Waals surface area contributed by atoms with Gasteiger partial charge in [0.15, 0.2) is 5.82 Å². The second-order valence-corrected chi connectivity index (χ2v) is 3.55. The zero-order valence-corrected chi connectivity index (χ0v) is 9.42. The molecule has 2 aromatic rings. The van der Waals surface area contributed by atoms with Crippen LogP contribution in [0.3, 0.4) is 0 Å². The quantitative estimate of drug-likeness (QED) is 0.803. The van der Waals surface area contributed by atoms with Gasteiger partial charge in [-0.15, -0.1) is 0 Å². The first-order chi connectivity index (χ1) is 8.29. The number of aromatic nitrogens is 2. The molecule has 0 aliphatic heterocycles. The third kappa shape index (κ3) is 2.79. The maximum atomic E-state index is 8.81. The summed E-state index contributed by atoms with van der Waals surface area (Å²) < 4.78 is 5.59. The van der Waals surface area contributed by atoms with Crippen LogP contribution in [0.2, 0.25) is 0 Å². The Bertz CT molecular complexity index is 546. The van der Waals surface area contributed by atoms with Gasteiger partial charge in [-0.2, -0.15) is 5.26 Å². The van der Waals surface area contributed by atoms with Gasteiger partial charge < -0.3 is 4.74 Å². The fourth-order valence-electron chi connectivity index (χ4n) is 1.37.